The Kier molecular flexibility index (Phi) is 6.47. The monoisotopic (exact) mass is 315 g/mol. The summed E-state index contributed by atoms with van der Waals surface area (Å²) in [6.45, 7) is 3.48. The maximum Gasteiger partial charge on any atom is 0.191 e. The molecule has 1 aromatic carbocycles. The predicted molar refractivity (Wildman–Crippen MR) is 92.6 cm³/mol. The van der Waals surface area contributed by atoms with Crippen LogP contribution in [0.5, 0.6) is 5.75 Å². The van der Waals surface area contributed by atoms with Gasteiger partial charge in [-0.1, -0.05) is 25.1 Å². The highest BCUT2D eigenvalue weighted by atomic mass is 16.5. The zero-order valence-electron chi connectivity index (χ0n) is 14.0. The molecule has 6 heteroatoms. The zero-order valence-corrected chi connectivity index (χ0v) is 14.0. The second-order valence-electron chi connectivity index (χ2n) is 5.21. The van der Waals surface area contributed by atoms with Gasteiger partial charge in [-0.3, -0.25) is 9.67 Å². The Hall–Kier alpha value is -2.50. The summed E-state index contributed by atoms with van der Waals surface area (Å²) < 4.78 is 7.81. The molecule has 0 bridgehead atoms. The van der Waals surface area contributed by atoms with Crippen LogP contribution in [0.1, 0.15) is 19.0 Å². The summed E-state index contributed by atoms with van der Waals surface area (Å²) in [5.74, 6) is 1.64. The Balaban J connectivity index is 1.80. The number of rotatable bonds is 7. The summed E-state index contributed by atoms with van der Waals surface area (Å²) in [7, 11) is 3.69. The van der Waals surface area contributed by atoms with Crippen molar-refractivity contribution in [1.29, 1.82) is 0 Å². The molecule has 124 valence electrons. The van der Waals surface area contributed by atoms with E-state index in [9.17, 15) is 0 Å². The van der Waals surface area contributed by atoms with Gasteiger partial charge in [-0.2, -0.15) is 5.10 Å². The Morgan fingerprint density at radius 1 is 1.26 bits per heavy atom. The fraction of sp³-hybridized carbons (Fsp3) is 0.412. The van der Waals surface area contributed by atoms with Crippen molar-refractivity contribution in [2.45, 2.75) is 26.0 Å². The number of nitrogens with one attached hydrogen (secondary N) is 2. The summed E-state index contributed by atoms with van der Waals surface area (Å²) in [6, 6.07) is 11.9. The van der Waals surface area contributed by atoms with Crippen molar-refractivity contribution in [3.63, 3.8) is 0 Å². The number of aromatic nitrogens is 2. The largest absolute Gasteiger partial charge is 0.489 e. The van der Waals surface area contributed by atoms with E-state index < -0.39 is 0 Å². The topological polar surface area (TPSA) is 63.5 Å². The second-order valence-corrected chi connectivity index (χ2v) is 5.21. The van der Waals surface area contributed by atoms with E-state index in [1.54, 1.807) is 13.2 Å². The van der Waals surface area contributed by atoms with E-state index >= 15 is 0 Å². The lowest BCUT2D eigenvalue weighted by atomic mass is 10.2. The van der Waals surface area contributed by atoms with Gasteiger partial charge in [0, 0.05) is 20.3 Å². The molecule has 2 aromatic rings. The van der Waals surface area contributed by atoms with Crippen LogP contribution >= 0.6 is 0 Å². The van der Waals surface area contributed by atoms with Crippen LogP contribution in [-0.2, 0) is 13.6 Å². The highest BCUT2D eigenvalue weighted by molar-refractivity contribution is 5.79. The first-order chi connectivity index (χ1) is 11.2. The maximum atomic E-state index is 5.97. The number of ether oxygens (including phenoxy) is 1. The zero-order chi connectivity index (χ0) is 16.5. The molecule has 0 saturated heterocycles. The normalized spacial score (nSPS) is 12.7. The van der Waals surface area contributed by atoms with Gasteiger partial charge in [-0.25, -0.2) is 0 Å². The number of nitrogens with zero attached hydrogens (tertiary/aromatic N) is 3. The van der Waals surface area contributed by atoms with Crippen molar-refractivity contribution in [1.82, 2.24) is 20.4 Å². The van der Waals surface area contributed by atoms with Crippen LogP contribution in [0.2, 0.25) is 0 Å². The van der Waals surface area contributed by atoms with Crippen LogP contribution in [0.4, 0.5) is 0 Å². The fourth-order valence-corrected chi connectivity index (χ4v) is 2.14. The first kappa shape index (κ1) is 16.9. The summed E-state index contributed by atoms with van der Waals surface area (Å²) in [6.07, 6.45) is 2.79. The molecule has 0 radical (unpaired) electrons. The third kappa shape index (κ3) is 5.32. The Morgan fingerprint density at radius 2 is 2.04 bits per heavy atom. The van der Waals surface area contributed by atoms with Crippen LogP contribution in [0.3, 0.4) is 0 Å². The van der Waals surface area contributed by atoms with Gasteiger partial charge >= 0.3 is 0 Å². The molecule has 1 aromatic heterocycles. The number of para-hydroxylation sites is 1. The average Bonchev–Trinajstić information content (AvgIpc) is 3.00. The number of aryl methyl sites for hydroxylation is 1. The second kappa shape index (κ2) is 8.82. The lowest BCUT2D eigenvalue weighted by Gasteiger charge is -2.20. The molecule has 0 aliphatic rings. The quantitative estimate of drug-likeness (QED) is 0.605. The summed E-state index contributed by atoms with van der Waals surface area (Å²) in [5.41, 5.74) is 1.10. The SMILES string of the molecule is CCC(CNC(=NC)NCc1ccnn1C)Oc1ccccc1. The summed E-state index contributed by atoms with van der Waals surface area (Å²) in [5, 5.41) is 10.7. The van der Waals surface area contributed by atoms with E-state index in [1.165, 1.54) is 0 Å². The fourth-order valence-electron chi connectivity index (χ4n) is 2.14. The van der Waals surface area contributed by atoms with Crippen LogP contribution in [0.15, 0.2) is 47.6 Å². The molecule has 2 N–H and O–H groups in total. The van der Waals surface area contributed by atoms with Crippen LogP contribution in [0.25, 0.3) is 0 Å². The molecule has 1 atom stereocenters. The molecule has 0 fully saturated rings. The minimum Gasteiger partial charge on any atom is -0.489 e. The van der Waals surface area contributed by atoms with E-state index in [1.807, 2.05) is 48.1 Å². The first-order valence-corrected chi connectivity index (χ1v) is 7.86. The van der Waals surface area contributed by atoms with Gasteiger partial charge in [0.2, 0.25) is 0 Å². The van der Waals surface area contributed by atoms with Crippen molar-refractivity contribution in [2.24, 2.45) is 12.0 Å². The third-order valence-electron chi connectivity index (χ3n) is 3.58. The predicted octanol–water partition coefficient (Wildman–Crippen LogP) is 1.94. The van der Waals surface area contributed by atoms with Gasteiger partial charge in [0.05, 0.1) is 18.8 Å². The molecule has 2 rings (SSSR count). The van der Waals surface area contributed by atoms with E-state index in [-0.39, 0.29) is 6.10 Å². The Labute approximate surface area is 137 Å². The van der Waals surface area contributed by atoms with E-state index in [0.717, 1.165) is 23.8 Å². The van der Waals surface area contributed by atoms with Gasteiger partial charge in [-0.15, -0.1) is 0 Å². The van der Waals surface area contributed by atoms with Crippen molar-refractivity contribution in [3.8, 4) is 5.75 Å². The Bertz CT molecular complexity index is 608. The van der Waals surface area contributed by atoms with Gasteiger partial charge < -0.3 is 15.4 Å². The lowest BCUT2D eigenvalue weighted by Crippen LogP contribution is -2.42. The molecule has 0 saturated carbocycles. The molecular formula is C17H25N5O. The number of aliphatic imine (C=N–C) groups is 1. The highest BCUT2D eigenvalue weighted by Gasteiger charge is 2.09. The van der Waals surface area contributed by atoms with E-state index in [2.05, 4.69) is 27.6 Å². The molecule has 23 heavy (non-hydrogen) atoms. The molecule has 1 heterocycles. The lowest BCUT2D eigenvalue weighted by molar-refractivity contribution is 0.199. The van der Waals surface area contributed by atoms with Crippen LogP contribution < -0.4 is 15.4 Å². The Morgan fingerprint density at radius 3 is 2.65 bits per heavy atom. The minimum atomic E-state index is 0.0904. The molecule has 0 amide bonds. The number of guanidine groups is 1. The first-order valence-electron chi connectivity index (χ1n) is 7.86. The van der Waals surface area contributed by atoms with Crippen molar-refractivity contribution in [2.75, 3.05) is 13.6 Å². The van der Waals surface area contributed by atoms with E-state index in [0.29, 0.717) is 13.1 Å². The molecule has 1 unspecified atom stereocenters. The smallest absolute Gasteiger partial charge is 0.191 e. The van der Waals surface area contributed by atoms with Crippen molar-refractivity contribution in [3.05, 3.63) is 48.3 Å². The minimum absolute atomic E-state index is 0.0904. The van der Waals surface area contributed by atoms with Crippen LogP contribution in [0, 0.1) is 0 Å². The maximum absolute atomic E-state index is 5.97. The standard InChI is InChI=1S/C17H25N5O/c1-4-15(23-16-8-6-5-7-9-16)13-20-17(18-2)19-12-14-10-11-21-22(14)3/h5-11,15H,4,12-13H2,1-3H3,(H2,18,19,20). The number of hydrogen-bond acceptors (Lipinski definition) is 3. The number of hydrogen-bond donors (Lipinski definition) is 2. The highest BCUT2D eigenvalue weighted by Crippen LogP contribution is 2.11. The van der Waals surface area contributed by atoms with Gasteiger partial charge in [0.25, 0.3) is 0 Å². The third-order valence-corrected chi connectivity index (χ3v) is 3.58. The molecule has 6 nitrogen and oxygen atoms in total. The van der Waals surface area contributed by atoms with Crippen molar-refractivity contribution >= 4 is 5.96 Å². The summed E-state index contributed by atoms with van der Waals surface area (Å²) >= 11 is 0. The van der Waals surface area contributed by atoms with Gasteiger partial charge in [-0.05, 0) is 24.6 Å². The summed E-state index contributed by atoms with van der Waals surface area (Å²) in [4.78, 5) is 4.24. The van der Waals surface area contributed by atoms with Gasteiger partial charge in [0.1, 0.15) is 11.9 Å². The van der Waals surface area contributed by atoms with Crippen molar-refractivity contribution < 1.29 is 4.74 Å². The molecular weight excluding hydrogens is 290 g/mol. The van der Waals surface area contributed by atoms with E-state index in [4.69, 9.17) is 4.74 Å². The molecule has 0 aliphatic heterocycles. The van der Waals surface area contributed by atoms with Gasteiger partial charge in [0.15, 0.2) is 5.96 Å². The number of benzene rings is 1. The average molecular weight is 315 g/mol. The van der Waals surface area contributed by atoms with Crippen LogP contribution in [-0.4, -0.2) is 35.4 Å². The molecule has 0 spiro atoms. The molecule has 0 aliphatic carbocycles.